The van der Waals surface area contributed by atoms with Crippen molar-refractivity contribution < 1.29 is 17.8 Å². The van der Waals surface area contributed by atoms with E-state index in [1.54, 1.807) is 16.1 Å². The molecule has 0 spiro atoms. The van der Waals surface area contributed by atoms with Crippen LogP contribution in [0.1, 0.15) is 0 Å². The maximum absolute atomic E-state index is 13.7. The summed E-state index contributed by atoms with van der Waals surface area (Å²) in [5, 5.41) is 2.70. The summed E-state index contributed by atoms with van der Waals surface area (Å²) in [6, 6.07) is 3.14. The first kappa shape index (κ1) is 16.7. The molecule has 1 aliphatic heterocycles. The molecule has 0 aliphatic carbocycles. The van der Waals surface area contributed by atoms with Crippen molar-refractivity contribution in [2.24, 2.45) is 0 Å². The number of hydrogen-bond acceptors (Lipinski definition) is 3. The number of urea groups is 1. The minimum atomic E-state index is -0.941. The molecule has 0 saturated carbocycles. The van der Waals surface area contributed by atoms with E-state index in [9.17, 15) is 17.8 Å². The van der Waals surface area contributed by atoms with Crippen molar-refractivity contribution in [3.63, 3.8) is 0 Å². The monoisotopic (exact) mass is 331 g/mol. The molecule has 122 valence electrons. The Morgan fingerprint density at radius 1 is 1.27 bits per heavy atom. The minimum Gasteiger partial charge on any atom is -0.366 e. The molecule has 22 heavy (non-hydrogen) atoms. The number of anilines is 1. The fraction of sp³-hybridized carbons (Fsp3) is 0.500. The van der Waals surface area contributed by atoms with Gasteiger partial charge in [0.15, 0.2) is 0 Å². The van der Waals surface area contributed by atoms with Gasteiger partial charge in [-0.25, -0.2) is 13.6 Å². The second-order valence-corrected chi connectivity index (χ2v) is 6.63. The van der Waals surface area contributed by atoms with E-state index >= 15 is 0 Å². The zero-order chi connectivity index (χ0) is 16.1. The molecule has 1 aromatic carbocycles. The lowest BCUT2D eigenvalue weighted by molar-refractivity contribution is 0.195. The number of amides is 2. The second-order valence-electron chi connectivity index (χ2n) is 5.08. The van der Waals surface area contributed by atoms with E-state index in [4.69, 9.17) is 0 Å². The summed E-state index contributed by atoms with van der Waals surface area (Å²) in [6.07, 6.45) is 1.58. The van der Waals surface area contributed by atoms with E-state index in [-0.39, 0.29) is 11.7 Å². The van der Waals surface area contributed by atoms with Gasteiger partial charge >= 0.3 is 6.03 Å². The van der Waals surface area contributed by atoms with Crippen molar-refractivity contribution in [2.45, 2.75) is 0 Å². The number of hydrogen-bond donors (Lipinski definition) is 1. The molecule has 1 aliphatic rings. The molecule has 1 atom stereocenters. The van der Waals surface area contributed by atoms with Gasteiger partial charge < -0.3 is 15.1 Å². The van der Waals surface area contributed by atoms with Crippen molar-refractivity contribution in [3.8, 4) is 0 Å². The molecular formula is C14H19F2N3O2S. The van der Waals surface area contributed by atoms with Gasteiger partial charge in [-0.3, -0.25) is 4.21 Å². The number of carbonyl (C=O) groups is 1. The Hall–Kier alpha value is -1.70. The number of rotatable bonds is 4. The van der Waals surface area contributed by atoms with E-state index in [0.29, 0.717) is 38.5 Å². The Morgan fingerprint density at radius 3 is 2.59 bits per heavy atom. The number of halogens is 2. The Bertz CT molecular complexity index is 563. The summed E-state index contributed by atoms with van der Waals surface area (Å²) in [6.45, 7) is 2.09. The Labute approximate surface area is 130 Å². The predicted octanol–water partition coefficient (Wildman–Crippen LogP) is 1.17. The maximum Gasteiger partial charge on any atom is 0.317 e. The Kier molecular flexibility index (Phi) is 5.70. The summed E-state index contributed by atoms with van der Waals surface area (Å²) in [5.41, 5.74) is 0.224. The van der Waals surface area contributed by atoms with Crippen molar-refractivity contribution in [2.75, 3.05) is 49.6 Å². The van der Waals surface area contributed by atoms with Gasteiger partial charge in [0.05, 0.1) is 5.69 Å². The summed E-state index contributed by atoms with van der Waals surface area (Å²) >= 11 is 0. The first-order valence-electron chi connectivity index (χ1n) is 7.00. The molecule has 1 fully saturated rings. The van der Waals surface area contributed by atoms with Crippen LogP contribution in [0.15, 0.2) is 18.2 Å². The molecule has 0 aromatic heterocycles. The topological polar surface area (TPSA) is 52.7 Å². The van der Waals surface area contributed by atoms with Crippen LogP contribution in [0.25, 0.3) is 0 Å². The number of benzene rings is 1. The zero-order valence-electron chi connectivity index (χ0n) is 12.3. The minimum absolute atomic E-state index is 0.218. The second kappa shape index (κ2) is 7.53. The van der Waals surface area contributed by atoms with Crippen LogP contribution in [0.5, 0.6) is 0 Å². The van der Waals surface area contributed by atoms with Crippen LogP contribution < -0.4 is 10.2 Å². The normalized spacial score (nSPS) is 16.5. The largest absolute Gasteiger partial charge is 0.366 e. The number of carbonyl (C=O) groups excluding carboxylic acids is 1. The van der Waals surface area contributed by atoms with E-state index < -0.39 is 22.4 Å². The highest BCUT2D eigenvalue weighted by molar-refractivity contribution is 7.84. The summed E-state index contributed by atoms with van der Waals surface area (Å²) in [4.78, 5) is 15.2. The molecule has 1 heterocycles. The molecule has 0 bridgehead atoms. The highest BCUT2D eigenvalue weighted by Gasteiger charge is 2.22. The highest BCUT2D eigenvalue weighted by atomic mass is 32.2. The third-order valence-corrected chi connectivity index (χ3v) is 4.26. The van der Waals surface area contributed by atoms with Crippen LogP contribution in [0.4, 0.5) is 19.3 Å². The van der Waals surface area contributed by atoms with Crippen molar-refractivity contribution in [1.82, 2.24) is 10.2 Å². The fourth-order valence-corrected chi connectivity index (χ4v) is 2.68. The third kappa shape index (κ3) is 4.40. The smallest absolute Gasteiger partial charge is 0.317 e. The van der Waals surface area contributed by atoms with Crippen molar-refractivity contribution in [1.29, 1.82) is 0 Å². The molecule has 0 unspecified atom stereocenters. The lowest BCUT2D eigenvalue weighted by Crippen LogP contribution is -2.52. The zero-order valence-corrected chi connectivity index (χ0v) is 13.2. The van der Waals surface area contributed by atoms with Gasteiger partial charge in [-0.15, -0.1) is 0 Å². The number of piperazine rings is 1. The summed E-state index contributed by atoms with van der Waals surface area (Å²) in [5.74, 6) is -0.533. The van der Waals surface area contributed by atoms with Crippen LogP contribution >= 0.6 is 0 Å². The van der Waals surface area contributed by atoms with Crippen LogP contribution in [-0.4, -0.2) is 59.9 Å². The standard InChI is InChI=1S/C14H19F2N3O2S/c1-22(21)9-4-17-14(20)19-7-5-18(6-8-19)13-10-11(15)2-3-12(13)16/h2-3,10H,4-9H2,1H3,(H,17,20)/t22-/m0/s1. The first-order valence-corrected chi connectivity index (χ1v) is 8.73. The Morgan fingerprint density at radius 2 is 1.95 bits per heavy atom. The highest BCUT2D eigenvalue weighted by Crippen LogP contribution is 2.21. The summed E-state index contributed by atoms with van der Waals surface area (Å²) < 4.78 is 37.9. The van der Waals surface area contributed by atoms with Crippen LogP contribution in [-0.2, 0) is 10.8 Å². The third-order valence-electron chi connectivity index (χ3n) is 3.48. The average Bonchev–Trinajstić information content (AvgIpc) is 2.49. The Balaban J connectivity index is 1.86. The molecule has 8 heteroatoms. The molecule has 2 rings (SSSR count). The predicted molar refractivity (Wildman–Crippen MR) is 82.5 cm³/mol. The SMILES string of the molecule is C[S@](=O)CCNC(=O)N1CCN(c2cc(F)ccc2F)CC1. The molecule has 5 nitrogen and oxygen atoms in total. The molecular weight excluding hydrogens is 312 g/mol. The van der Waals surface area contributed by atoms with Gasteiger partial charge in [0, 0.05) is 61.6 Å². The van der Waals surface area contributed by atoms with Gasteiger partial charge in [-0.1, -0.05) is 0 Å². The lowest BCUT2D eigenvalue weighted by Gasteiger charge is -2.36. The molecule has 0 radical (unpaired) electrons. The summed E-state index contributed by atoms with van der Waals surface area (Å²) in [7, 11) is -0.941. The van der Waals surface area contributed by atoms with E-state index in [2.05, 4.69) is 5.32 Å². The van der Waals surface area contributed by atoms with Crippen molar-refractivity contribution >= 4 is 22.5 Å². The molecule has 1 aromatic rings. The molecule has 1 N–H and O–H groups in total. The number of nitrogens with one attached hydrogen (secondary N) is 1. The number of nitrogens with zero attached hydrogens (tertiary/aromatic N) is 2. The van der Waals surface area contributed by atoms with Gasteiger partial charge in [0.25, 0.3) is 0 Å². The quantitative estimate of drug-likeness (QED) is 0.901. The maximum atomic E-state index is 13.7. The van der Waals surface area contributed by atoms with Crippen LogP contribution in [0.3, 0.4) is 0 Å². The molecule has 1 saturated heterocycles. The molecule has 2 amide bonds. The van der Waals surface area contributed by atoms with Gasteiger partial charge in [0.2, 0.25) is 0 Å². The van der Waals surface area contributed by atoms with Crippen molar-refractivity contribution in [3.05, 3.63) is 29.8 Å². The lowest BCUT2D eigenvalue weighted by atomic mass is 10.2. The fourth-order valence-electron chi connectivity index (χ4n) is 2.29. The van der Waals surface area contributed by atoms with Gasteiger partial charge in [-0.05, 0) is 12.1 Å². The van der Waals surface area contributed by atoms with Crippen LogP contribution in [0.2, 0.25) is 0 Å². The van der Waals surface area contributed by atoms with Gasteiger partial charge in [-0.2, -0.15) is 0 Å². The van der Waals surface area contributed by atoms with Crippen LogP contribution in [0, 0.1) is 11.6 Å². The van der Waals surface area contributed by atoms with E-state index in [1.807, 2.05) is 0 Å². The van der Waals surface area contributed by atoms with E-state index in [1.165, 1.54) is 6.07 Å². The first-order chi connectivity index (χ1) is 10.5. The average molecular weight is 331 g/mol. The van der Waals surface area contributed by atoms with E-state index in [0.717, 1.165) is 12.1 Å². The van der Waals surface area contributed by atoms with Gasteiger partial charge in [0.1, 0.15) is 11.6 Å².